The third-order valence-corrected chi connectivity index (χ3v) is 5.79. The molecule has 0 bridgehead atoms. The standard InChI is InChI=1S/C23H20F2N6O3/c1-34-18-5-3-12(24)6-14(18)22(32)28-9-13-4-2-11(8-27-13)15-10-31(17-7-16(17)25)20-19(15)21(26)29-30-23(20)33/h2-6,8,10,16-17H,7,9H2,1H3,(H2,26,29)(H,28,32)(H,30,33)/t16-,17?/m0/s1. The van der Waals surface area contributed by atoms with E-state index in [0.29, 0.717) is 28.6 Å². The van der Waals surface area contributed by atoms with Crippen LogP contribution in [0.5, 0.6) is 5.75 Å². The molecule has 3 heterocycles. The molecule has 174 valence electrons. The highest BCUT2D eigenvalue weighted by atomic mass is 19.1. The number of fused-ring (bicyclic) bond motifs is 1. The summed E-state index contributed by atoms with van der Waals surface area (Å²) in [5.41, 5.74) is 7.75. The van der Waals surface area contributed by atoms with Crippen molar-refractivity contribution in [3.8, 4) is 16.9 Å². The monoisotopic (exact) mass is 466 g/mol. The number of halogens is 2. The van der Waals surface area contributed by atoms with Gasteiger partial charge in [-0.3, -0.25) is 14.6 Å². The predicted molar refractivity (Wildman–Crippen MR) is 121 cm³/mol. The zero-order valence-electron chi connectivity index (χ0n) is 18.0. The summed E-state index contributed by atoms with van der Waals surface area (Å²) >= 11 is 0. The maximum absolute atomic E-state index is 13.8. The molecule has 1 aromatic carbocycles. The van der Waals surface area contributed by atoms with E-state index in [2.05, 4.69) is 20.5 Å². The molecule has 9 nitrogen and oxygen atoms in total. The molecule has 0 aliphatic heterocycles. The second-order valence-corrected chi connectivity index (χ2v) is 8.00. The zero-order valence-corrected chi connectivity index (χ0v) is 18.0. The minimum absolute atomic E-state index is 0.0753. The first-order chi connectivity index (χ1) is 16.4. The van der Waals surface area contributed by atoms with Crippen molar-refractivity contribution in [1.29, 1.82) is 0 Å². The summed E-state index contributed by atoms with van der Waals surface area (Å²) in [6, 6.07) is 6.74. The van der Waals surface area contributed by atoms with Crippen LogP contribution >= 0.6 is 0 Å². The number of alkyl halides is 1. The second-order valence-electron chi connectivity index (χ2n) is 8.00. The van der Waals surface area contributed by atoms with E-state index in [1.54, 1.807) is 29.1 Å². The number of hydrogen-bond donors (Lipinski definition) is 3. The summed E-state index contributed by atoms with van der Waals surface area (Å²) in [6.45, 7) is 0.0928. The molecule has 1 fully saturated rings. The van der Waals surface area contributed by atoms with Gasteiger partial charge in [0.1, 0.15) is 23.3 Å². The number of anilines is 1. The summed E-state index contributed by atoms with van der Waals surface area (Å²) in [7, 11) is 1.40. The van der Waals surface area contributed by atoms with Crippen LogP contribution in [0, 0.1) is 5.82 Å². The van der Waals surface area contributed by atoms with Gasteiger partial charge in [-0.15, -0.1) is 0 Å². The average Bonchev–Trinajstić information content (AvgIpc) is 3.42. The van der Waals surface area contributed by atoms with E-state index in [-0.39, 0.29) is 29.2 Å². The van der Waals surface area contributed by atoms with E-state index >= 15 is 0 Å². The van der Waals surface area contributed by atoms with Crippen LogP contribution in [0.1, 0.15) is 28.5 Å². The van der Waals surface area contributed by atoms with Gasteiger partial charge in [0.05, 0.1) is 36.3 Å². The van der Waals surface area contributed by atoms with Crippen molar-refractivity contribution in [3.05, 3.63) is 70.2 Å². The number of hydrogen-bond acceptors (Lipinski definition) is 6. The van der Waals surface area contributed by atoms with Crippen molar-refractivity contribution in [1.82, 2.24) is 25.1 Å². The minimum atomic E-state index is -1.02. The van der Waals surface area contributed by atoms with Crippen LogP contribution in [0.4, 0.5) is 14.6 Å². The van der Waals surface area contributed by atoms with Gasteiger partial charge in [-0.1, -0.05) is 6.07 Å². The topological polar surface area (TPSA) is 128 Å². The number of benzene rings is 1. The van der Waals surface area contributed by atoms with Crippen LogP contribution in [0.25, 0.3) is 22.0 Å². The fourth-order valence-corrected chi connectivity index (χ4v) is 3.97. The molecule has 1 aliphatic carbocycles. The van der Waals surface area contributed by atoms with Gasteiger partial charge in [0.15, 0.2) is 5.82 Å². The number of ether oxygens (including phenoxy) is 1. The van der Waals surface area contributed by atoms with Crippen molar-refractivity contribution in [2.75, 3.05) is 12.8 Å². The third kappa shape index (κ3) is 3.74. The molecule has 5 rings (SSSR count). The molecule has 34 heavy (non-hydrogen) atoms. The summed E-state index contributed by atoms with van der Waals surface area (Å²) in [5, 5.41) is 9.31. The summed E-state index contributed by atoms with van der Waals surface area (Å²) in [6.07, 6.45) is 2.58. The van der Waals surface area contributed by atoms with Gasteiger partial charge in [0.25, 0.3) is 11.5 Å². The first kappa shape index (κ1) is 21.6. The number of nitrogens with zero attached hydrogens (tertiary/aromatic N) is 3. The number of H-pyrrole nitrogens is 1. The van der Waals surface area contributed by atoms with E-state index in [0.717, 1.165) is 6.07 Å². The number of nitrogens with one attached hydrogen (secondary N) is 2. The Hall–Kier alpha value is -4.28. The first-order valence-corrected chi connectivity index (χ1v) is 10.5. The van der Waals surface area contributed by atoms with Crippen LogP contribution in [-0.4, -0.2) is 38.9 Å². The molecule has 1 aliphatic rings. The lowest BCUT2D eigenvalue weighted by Gasteiger charge is -2.09. The summed E-state index contributed by atoms with van der Waals surface area (Å²) in [4.78, 5) is 29.3. The van der Waals surface area contributed by atoms with Gasteiger partial charge in [-0.25, -0.2) is 13.9 Å². The van der Waals surface area contributed by atoms with Gasteiger partial charge in [-0.2, -0.15) is 5.10 Å². The summed E-state index contributed by atoms with van der Waals surface area (Å²) in [5.74, 6) is -0.676. The lowest BCUT2D eigenvalue weighted by atomic mass is 10.1. The maximum atomic E-state index is 13.8. The highest BCUT2D eigenvalue weighted by Crippen LogP contribution is 2.43. The number of nitrogen functional groups attached to an aromatic ring is 1. The molecule has 1 saturated carbocycles. The van der Waals surface area contributed by atoms with Crippen molar-refractivity contribution < 1.29 is 18.3 Å². The molecule has 0 radical (unpaired) electrons. The van der Waals surface area contributed by atoms with Crippen LogP contribution in [-0.2, 0) is 6.54 Å². The van der Waals surface area contributed by atoms with Crippen molar-refractivity contribution in [3.63, 3.8) is 0 Å². The van der Waals surface area contributed by atoms with Crippen LogP contribution in [0.15, 0.2) is 47.5 Å². The molecule has 11 heteroatoms. The number of carbonyl (C=O) groups excluding carboxylic acids is 1. The van der Waals surface area contributed by atoms with Crippen LogP contribution in [0.2, 0.25) is 0 Å². The molecule has 0 spiro atoms. The average molecular weight is 466 g/mol. The van der Waals surface area contributed by atoms with Gasteiger partial charge in [0.2, 0.25) is 0 Å². The van der Waals surface area contributed by atoms with E-state index in [1.165, 1.54) is 19.2 Å². The number of carbonyl (C=O) groups is 1. The Morgan fingerprint density at radius 2 is 2.15 bits per heavy atom. The van der Waals surface area contributed by atoms with E-state index in [4.69, 9.17) is 10.5 Å². The Labute approximate surface area is 191 Å². The van der Waals surface area contributed by atoms with Crippen molar-refractivity contribution >= 4 is 22.6 Å². The van der Waals surface area contributed by atoms with Crippen LogP contribution in [0.3, 0.4) is 0 Å². The number of aromatic nitrogens is 4. The van der Waals surface area contributed by atoms with Gasteiger partial charge < -0.3 is 20.4 Å². The molecule has 4 aromatic rings. The number of amides is 1. The van der Waals surface area contributed by atoms with Gasteiger partial charge in [0, 0.05) is 29.9 Å². The quantitative estimate of drug-likeness (QED) is 0.401. The largest absolute Gasteiger partial charge is 0.496 e. The maximum Gasteiger partial charge on any atom is 0.288 e. The zero-order chi connectivity index (χ0) is 24.0. The van der Waals surface area contributed by atoms with Crippen LogP contribution < -0.4 is 21.3 Å². The number of pyridine rings is 1. The highest BCUT2D eigenvalue weighted by Gasteiger charge is 2.40. The first-order valence-electron chi connectivity index (χ1n) is 10.5. The van der Waals surface area contributed by atoms with Crippen molar-refractivity contribution in [2.45, 2.75) is 25.2 Å². The fourth-order valence-electron chi connectivity index (χ4n) is 3.97. The minimum Gasteiger partial charge on any atom is -0.496 e. The lowest BCUT2D eigenvalue weighted by molar-refractivity contribution is 0.0947. The van der Waals surface area contributed by atoms with Crippen molar-refractivity contribution in [2.24, 2.45) is 0 Å². The molecular weight excluding hydrogens is 446 g/mol. The Bertz CT molecular complexity index is 1460. The molecule has 3 aromatic heterocycles. The Balaban J connectivity index is 1.40. The predicted octanol–water partition coefficient (Wildman–Crippen LogP) is 2.73. The Kier molecular flexibility index (Phi) is 5.23. The van der Waals surface area contributed by atoms with E-state index in [1.807, 2.05) is 0 Å². The second kappa shape index (κ2) is 8.25. The number of aromatic amines is 1. The third-order valence-electron chi connectivity index (χ3n) is 5.79. The lowest BCUT2D eigenvalue weighted by Crippen LogP contribution is -2.24. The molecular formula is C23H20F2N6O3. The summed E-state index contributed by atoms with van der Waals surface area (Å²) < 4.78 is 34.0. The Morgan fingerprint density at radius 1 is 1.35 bits per heavy atom. The molecule has 4 N–H and O–H groups in total. The molecule has 2 atom stereocenters. The SMILES string of the molecule is COc1ccc(F)cc1C(=O)NCc1ccc(-c2cn(C3C[C@@H]3F)c3c(=O)[nH]nc(N)c23)cn1. The normalized spacial score (nSPS) is 17.0. The molecule has 1 unspecified atom stereocenters. The number of rotatable bonds is 6. The van der Waals surface area contributed by atoms with Gasteiger partial charge in [-0.05, 0) is 24.3 Å². The smallest absolute Gasteiger partial charge is 0.288 e. The Morgan fingerprint density at radius 3 is 2.82 bits per heavy atom. The highest BCUT2D eigenvalue weighted by molar-refractivity contribution is 6.02. The van der Waals surface area contributed by atoms with E-state index in [9.17, 15) is 18.4 Å². The van der Waals surface area contributed by atoms with E-state index < -0.39 is 29.5 Å². The number of nitrogens with two attached hydrogens (primary N) is 1. The van der Waals surface area contributed by atoms with Gasteiger partial charge >= 0.3 is 0 Å². The molecule has 1 amide bonds. The fraction of sp³-hybridized carbons (Fsp3) is 0.217. The number of methoxy groups -OCH3 is 1. The molecule has 0 saturated heterocycles.